The number of benzene rings is 3. The SMILES string of the molecule is COc1ccc(C(NC(=O)N(C)Cc2ccc3ccccc3c2)C(C)C)cc1. The van der Waals surface area contributed by atoms with Crippen molar-refractivity contribution in [2.45, 2.75) is 26.4 Å². The smallest absolute Gasteiger partial charge is 0.317 e. The number of hydrogen-bond acceptors (Lipinski definition) is 2. The number of methoxy groups -OCH3 is 1. The molecule has 4 nitrogen and oxygen atoms in total. The van der Waals surface area contributed by atoms with Gasteiger partial charge in [0.05, 0.1) is 13.2 Å². The van der Waals surface area contributed by atoms with E-state index in [1.807, 2.05) is 43.4 Å². The minimum atomic E-state index is -0.0809. The number of fused-ring (bicyclic) bond motifs is 1. The third kappa shape index (κ3) is 4.63. The first-order valence-electron chi connectivity index (χ1n) is 9.61. The largest absolute Gasteiger partial charge is 0.497 e. The number of nitrogens with zero attached hydrogens (tertiary/aromatic N) is 1. The van der Waals surface area contributed by atoms with Gasteiger partial charge in [-0.15, -0.1) is 0 Å². The van der Waals surface area contributed by atoms with Crippen molar-refractivity contribution in [1.82, 2.24) is 10.2 Å². The van der Waals surface area contributed by atoms with Crippen molar-refractivity contribution in [2.24, 2.45) is 5.92 Å². The van der Waals surface area contributed by atoms with Gasteiger partial charge >= 0.3 is 6.03 Å². The van der Waals surface area contributed by atoms with Crippen LogP contribution in [-0.2, 0) is 6.54 Å². The predicted octanol–water partition coefficient (Wildman–Crippen LogP) is 5.39. The molecule has 0 spiro atoms. The number of nitrogens with one attached hydrogen (secondary N) is 1. The molecule has 146 valence electrons. The van der Waals surface area contributed by atoms with Gasteiger partial charge in [-0.3, -0.25) is 0 Å². The molecule has 0 fully saturated rings. The van der Waals surface area contributed by atoms with Gasteiger partial charge < -0.3 is 15.0 Å². The summed E-state index contributed by atoms with van der Waals surface area (Å²) in [6.07, 6.45) is 0. The van der Waals surface area contributed by atoms with E-state index in [2.05, 4.69) is 49.5 Å². The Balaban J connectivity index is 1.69. The maximum absolute atomic E-state index is 12.8. The lowest BCUT2D eigenvalue weighted by molar-refractivity contribution is 0.199. The Morgan fingerprint density at radius 2 is 1.68 bits per heavy atom. The quantitative estimate of drug-likeness (QED) is 0.627. The summed E-state index contributed by atoms with van der Waals surface area (Å²) in [5.74, 6) is 1.08. The zero-order valence-corrected chi connectivity index (χ0v) is 17.0. The van der Waals surface area contributed by atoms with Crippen LogP contribution in [0.25, 0.3) is 10.8 Å². The van der Waals surface area contributed by atoms with Gasteiger partial charge in [-0.1, -0.05) is 62.4 Å². The van der Waals surface area contributed by atoms with E-state index in [0.29, 0.717) is 6.54 Å². The molecule has 1 unspecified atom stereocenters. The van der Waals surface area contributed by atoms with Crippen LogP contribution in [0, 0.1) is 5.92 Å². The third-order valence-corrected chi connectivity index (χ3v) is 5.00. The van der Waals surface area contributed by atoms with Crippen LogP contribution in [0.1, 0.15) is 31.0 Å². The molecule has 0 aliphatic carbocycles. The first kappa shape index (κ1) is 19.7. The summed E-state index contributed by atoms with van der Waals surface area (Å²) in [4.78, 5) is 14.5. The van der Waals surface area contributed by atoms with Gasteiger partial charge in [0.1, 0.15) is 5.75 Å². The number of amides is 2. The highest BCUT2D eigenvalue weighted by Gasteiger charge is 2.20. The Labute approximate surface area is 167 Å². The Bertz CT molecular complexity index is 935. The lowest BCUT2D eigenvalue weighted by Crippen LogP contribution is -2.40. The van der Waals surface area contributed by atoms with E-state index in [1.165, 1.54) is 10.8 Å². The molecule has 3 aromatic carbocycles. The average Bonchev–Trinajstić information content (AvgIpc) is 2.71. The van der Waals surface area contributed by atoms with Crippen molar-refractivity contribution in [3.63, 3.8) is 0 Å². The minimum absolute atomic E-state index is 0.0579. The molecule has 0 saturated carbocycles. The third-order valence-electron chi connectivity index (χ3n) is 5.00. The van der Waals surface area contributed by atoms with Crippen LogP contribution in [0.5, 0.6) is 5.75 Å². The first-order chi connectivity index (χ1) is 13.5. The summed E-state index contributed by atoms with van der Waals surface area (Å²) >= 11 is 0. The summed E-state index contributed by atoms with van der Waals surface area (Å²) in [7, 11) is 3.48. The number of rotatable bonds is 6. The van der Waals surface area contributed by atoms with Gasteiger partial charge in [-0.2, -0.15) is 0 Å². The number of carbonyl (C=O) groups excluding carboxylic acids is 1. The fraction of sp³-hybridized carbons (Fsp3) is 0.292. The van der Waals surface area contributed by atoms with Crippen LogP contribution in [-0.4, -0.2) is 25.1 Å². The molecule has 0 radical (unpaired) electrons. The molecule has 3 aromatic rings. The minimum Gasteiger partial charge on any atom is -0.497 e. The fourth-order valence-corrected chi connectivity index (χ4v) is 3.37. The Morgan fingerprint density at radius 1 is 1.00 bits per heavy atom. The summed E-state index contributed by atoms with van der Waals surface area (Å²) in [5.41, 5.74) is 2.19. The Morgan fingerprint density at radius 3 is 2.32 bits per heavy atom. The average molecular weight is 377 g/mol. The van der Waals surface area contributed by atoms with Crippen LogP contribution >= 0.6 is 0 Å². The molecule has 0 saturated heterocycles. The molecule has 0 aliphatic rings. The van der Waals surface area contributed by atoms with Gasteiger partial charge in [-0.25, -0.2) is 4.79 Å². The lowest BCUT2D eigenvalue weighted by Gasteiger charge is -2.27. The van der Waals surface area contributed by atoms with E-state index in [0.717, 1.165) is 16.9 Å². The van der Waals surface area contributed by atoms with E-state index in [-0.39, 0.29) is 18.0 Å². The van der Waals surface area contributed by atoms with Crippen molar-refractivity contribution in [3.8, 4) is 5.75 Å². The molecule has 0 bridgehead atoms. The normalized spacial score (nSPS) is 12.0. The highest BCUT2D eigenvalue weighted by atomic mass is 16.5. The first-order valence-corrected chi connectivity index (χ1v) is 9.61. The Hall–Kier alpha value is -3.01. The van der Waals surface area contributed by atoms with Gasteiger partial charge in [0, 0.05) is 13.6 Å². The van der Waals surface area contributed by atoms with Gasteiger partial charge in [0.15, 0.2) is 0 Å². The van der Waals surface area contributed by atoms with E-state index in [1.54, 1.807) is 12.0 Å². The Kier molecular flexibility index (Phi) is 6.19. The summed E-state index contributed by atoms with van der Waals surface area (Å²) in [6, 6.07) is 22.3. The molecule has 3 rings (SSSR count). The number of hydrogen-bond donors (Lipinski definition) is 1. The molecule has 1 N–H and O–H groups in total. The van der Waals surface area contributed by atoms with E-state index < -0.39 is 0 Å². The van der Waals surface area contributed by atoms with Gasteiger partial charge in [-0.05, 0) is 46.0 Å². The second-order valence-corrected chi connectivity index (χ2v) is 7.48. The van der Waals surface area contributed by atoms with E-state index >= 15 is 0 Å². The predicted molar refractivity (Wildman–Crippen MR) is 115 cm³/mol. The molecular formula is C24H28N2O2. The molecule has 0 aromatic heterocycles. The van der Waals surface area contributed by atoms with Crippen LogP contribution in [0.3, 0.4) is 0 Å². The molecular weight excluding hydrogens is 348 g/mol. The summed E-state index contributed by atoms with van der Waals surface area (Å²) in [6.45, 7) is 4.78. The van der Waals surface area contributed by atoms with Crippen LogP contribution in [0.15, 0.2) is 66.7 Å². The van der Waals surface area contributed by atoms with Crippen LogP contribution in [0.2, 0.25) is 0 Å². The maximum atomic E-state index is 12.8. The molecule has 1 atom stereocenters. The van der Waals surface area contributed by atoms with Crippen LogP contribution < -0.4 is 10.1 Å². The zero-order chi connectivity index (χ0) is 20.1. The summed E-state index contributed by atoms with van der Waals surface area (Å²) in [5, 5.41) is 5.57. The van der Waals surface area contributed by atoms with Crippen molar-refractivity contribution in [1.29, 1.82) is 0 Å². The summed E-state index contributed by atoms with van der Waals surface area (Å²) < 4.78 is 5.23. The maximum Gasteiger partial charge on any atom is 0.317 e. The topological polar surface area (TPSA) is 41.6 Å². The second-order valence-electron chi connectivity index (χ2n) is 7.48. The van der Waals surface area contributed by atoms with E-state index in [4.69, 9.17) is 4.74 Å². The highest BCUT2D eigenvalue weighted by molar-refractivity contribution is 5.83. The van der Waals surface area contributed by atoms with Crippen LogP contribution in [0.4, 0.5) is 4.79 Å². The molecule has 2 amide bonds. The number of ether oxygens (including phenoxy) is 1. The lowest BCUT2D eigenvalue weighted by atomic mass is 9.96. The highest BCUT2D eigenvalue weighted by Crippen LogP contribution is 2.24. The van der Waals surface area contributed by atoms with E-state index in [9.17, 15) is 4.79 Å². The molecule has 0 heterocycles. The zero-order valence-electron chi connectivity index (χ0n) is 17.0. The number of carbonyl (C=O) groups is 1. The van der Waals surface area contributed by atoms with Crippen molar-refractivity contribution >= 4 is 16.8 Å². The molecule has 4 heteroatoms. The number of urea groups is 1. The van der Waals surface area contributed by atoms with Gasteiger partial charge in [0.25, 0.3) is 0 Å². The van der Waals surface area contributed by atoms with Crippen molar-refractivity contribution in [2.75, 3.05) is 14.2 Å². The van der Waals surface area contributed by atoms with Crippen molar-refractivity contribution in [3.05, 3.63) is 77.9 Å². The standard InChI is InChI=1S/C24H28N2O2/c1-17(2)23(20-11-13-22(28-4)14-12-20)25-24(27)26(3)16-18-9-10-19-7-5-6-8-21(19)15-18/h5-15,17,23H,16H2,1-4H3,(H,25,27). The van der Waals surface area contributed by atoms with Gasteiger partial charge in [0.2, 0.25) is 0 Å². The molecule has 0 aliphatic heterocycles. The fourth-order valence-electron chi connectivity index (χ4n) is 3.37. The van der Waals surface area contributed by atoms with Crippen molar-refractivity contribution < 1.29 is 9.53 Å². The monoisotopic (exact) mass is 376 g/mol. The second kappa shape index (κ2) is 8.79. The molecule has 28 heavy (non-hydrogen) atoms.